The minimum absolute atomic E-state index is 0.178. The summed E-state index contributed by atoms with van der Waals surface area (Å²) >= 11 is 0. The van der Waals surface area contributed by atoms with Crippen LogP contribution < -0.4 is 73.2 Å². The molecule has 6 aromatic heterocycles. The highest BCUT2D eigenvalue weighted by Crippen LogP contribution is 2.44. The van der Waals surface area contributed by atoms with Gasteiger partial charge in [0.25, 0.3) is 56.7 Å². The van der Waals surface area contributed by atoms with Crippen molar-refractivity contribution >= 4 is 86.7 Å². The number of hydrogen-bond acceptors (Lipinski definition) is 24. The molecule has 6 aliphatic rings. The lowest BCUT2D eigenvalue weighted by atomic mass is 9.86. The Hall–Kier alpha value is -18.1. The predicted molar refractivity (Wildman–Crippen MR) is 560 cm³/mol. The van der Waals surface area contributed by atoms with Crippen molar-refractivity contribution in [2.45, 2.75) is 121 Å². The summed E-state index contributed by atoms with van der Waals surface area (Å²) in [6, 6.07) is 74.2. The molecule has 10 N–H and O–H groups in total. The maximum atomic E-state index is 12.6. The molecule has 4 bridgehead atoms. The number of carbonyl (C=O) groups is 5. The molecule has 35 heteroatoms. The Labute approximate surface area is 844 Å². The van der Waals surface area contributed by atoms with E-state index in [1.54, 1.807) is 4.68 Å². The van der Waals surface area contributed by atoms with Crippen LogP contribution in [0.4, 0.5) is 34.1 Å². The Morgan fingerprint density at radius 3 is 1.29 bits per heavy atom. The summed E-state index contributed by atoms with van der Waals surface area (Å²) in [4.78, 5) is 127. The molecule has 1 saturated carbocycles. The number of aromatic nitrogens is 11. The fourth-order valence-corrected chi connectivity index (χ4v) is 19.5. The molecule has 750 valence electrons. The molecule has 147 heavy (non-hydrogen) atoms. The Kier molecular flexibility index (Phi) is 31.1. The number of hydrogen-bond donors (Lipinski definition) is 10. The second-order valence-corrected chi connectivity index (χ2v) is 36.0. The smallest absolute Gasteiger partial charge is 0.275 e. The van der Waals surface area contributed by atoms with Crippen LogP contribution in [0.1, 0.15) is 153 Å². The van der Waals surface area contributed by atoms with E-state index in [1.807, 2.05) is 115 Å². The highest BCUT2D eigenvalue weighted by atomic mass is 16.5. The van der Waals surface area contributed by atoms with Crippen LogP contribution in [0.3, 0.4) is 0 Å². The lowest BCUT2D eigenvalue weighted by Gasteiger charge is -2.33. The number of allylic oxidation sites excluding steroid dienone is 1. The largest absolute Gasteiger partial charge is 0.503 e. The Bertz CT molecular complexity index is 7140. The molecule has 15 aromatic rings. The molecule has 0 atom stereocenters. The molecule has 4 aliphatic heterocycles. The van der Waals surface area contributed by atoms with E-state index >= 15 is 0 Å². The van der Waals surface area contributed by atoms with Crippen LogP contribution in [0.2, 0.25) is 0 Å². The van der Waals surface area contributed by atoms with Gasteiger partial charge in [-0.05, 0) is 168 Å². The lowest BCUT2D eigenvalue weighted by molar-refractivity contribution is 0.0937. The van der Waals surface area contributed by atoms with E-state index < -0.39 is 85.4 Å². The van der Waals surface area contributed by atoms with Gasteiger partial charge < -0.3 is 76.1 Å². The zero-order valence-corrected chi connectivity index (χ0v) is 81.5. The Morgan fingerprint density at radius 2 is 0.803 bits per heavy atom. The van der Waals surface area contributed by atoms with Crippen molar-refractivity contribution in [2.24, 2.45) is 0 Å². The zero-order valence-electron chi connectivity index (χ0n) is 81.5. The van der Waals surface area contributed by atoms with Crippen molar-refractivity contribution in [3.05, 3.63) is 403 Å². The van der Waals surface area contributed by atoms with E-state index in [4.69, 9.17) is 4.74 Å². The molecule has 21 rings (SSSR count). The molecule has 10 heterocycles. The third-order valence-electron chi connectivity index (χ3n) is 26.9. The first-order valence-electron chi connectivity index (χ1n) is 48.6. The molecular formula is C112H111N19O16. The third-order valence-corrected chi connectivity index (χ3v) is 26.9. The molecule has 1 spiro atoms. The molecule has 2 aliphatic carbocycles. The van der Waals surface area contributed by atoms with Crippen LogP contribution in [0.25, 0.3) is 23.1 Å². The van der Waals surface area contributed by atoms with Crippen LogP contribution >= 0.6 is 0 Å². The van der Waals surface area contributed by atoms with Crippen molar-refractivity contribution in [1.29, 1.82) is 0 Å². The van der Waals surface area contributed by atoms with E-state index in [-0.39, 0.29) is 39.9 Å². The molecule has 1 fully saturated rings. The molecule has 35 nitrogen and oxygen atoms in total. The summed E-state index contributed by atoms with van der Waals surface area (Å²) < 4.78 is 15.6. The second-order valence-electron chi connectivity index (χ2n) is 36.0. The molecule has 9 aromatic carbocycles. The van der Waals surface area contributed by atoms with Crippen molar-refractivity contribution in [1.82, 2.24) is 80.1 Å². The molecule has 5 amide bonds. The average Bonchev–Trinajstić information content (AvgIpc) is 1.61. The van der Waals surface area contributed by atoms with Crippen LogP contribution in [0, 0.1) is 0 Å². The summed E-state index contributed by atoms with van der Waals surface area (Å²) in [6.07, 6.45) is 27.1. The standard InChI is InChI=1S/C24H26N4O3.C23H23N3O3.C22H22N4O3.C22H20N4O3.C21H20N4O4/c29-20-15-27-16-24(10-3-4-11-24)28-13-9-18-8-7-17(14-19(18)28)6-2-1-5-12-25-23(31)21(26-27)22(20)30;1-24-23(29)21-22(28)20(27)14-26(25-21)13-12-19-17-8-4-2-6-15(17)10-11-16-7-3-5-9-18(16)19;2*1-23-22(29)20-21(28)19(27)14-25(24-20)12-13-26-17-8-4-2-6-15(17)10-11-16-7-3-5-9-18(16)26;1-22-21(28)19-20(27)17(26)12-24(23-19)10-11-25-15-7-3-2-6-14(15)13-29-18-9-5-4-8-16(18)25/h1-2,7-9,13-15,29H,3-6,10-12,16H2,(H,25,31);2-9,14,19,27H,10-13H2,1H3,(H,24,29);2-9,14,27H,10-13H2,1H3,(H,23,29);2-11,14,27H,12-13H2,1H3,(H,23,29);2-9,12,26H,10-11,13H2,1H3,(H,22,28)/b2-1+;;;;. The van der Waals surface area contributed by atoms with Gasteiger partial charge in [0.05, 0.1) is 68.4 Å². The summed E-state index contributed by atoms with van der Waals surface area (Å²) in [6.45, 7) is 4.47. The Morgan fingerprint density at radius 1 is 0.408 bits per heavy atom. The first kappa shape index (κ1) is 100. The van der Waals surface area contributed by atoms with E-state index in [1.165, 1.54) is 128 Å². The van der Waals surface area contributed by atoms with Gasteiger partial charge in [-0.2, -0.15) is 25.5 Å². The van der Waals surface area contributed by atoms with Crippen molar-refractivity contribution < 1.29 is 54.2 Å². The topological polar surface area (TPSA) is 445 Å². The number of para-hydroxylation sites is 7. The molecule has 0 radical (unpaired) electrons. The summed E-state index contributed by atoms with van der Waals surface area (Å²) in [5.74, 6) is -4.53. The Balaban J connectivity index is 0.000000126. The summed E-state index contributed by atoms with van der Waals surface area (Å²) in [7, 11) is 5.67. The van der Waals surface area contributed by atoms with Gasteiger partial charge in [-0.15, -0.1) is 0 Å². The minimum Gasteiger partial charge on any atom is -0.503 e. The number of rotatable bonds is 16. The first-order chi connectivity index (χ1) is 71.4. The van der Waals surface area contributed by atoms with Crippen molar-refractivity contribution in [3.8, 4) is 34.5 Å². The van der Waals surface area contributed by atoms with Crippen LogP contribution in [0.5, 0.6) is 34.5 Å². The van der Waals surface area contributed by atoms with E-state index in [2.05, 4.69) is 205 Å². The number of nitrogens with one attached hydrogen (secondary N) is 5. The molecular weight excluding hydrogens is 1870 g/mol. The van der Waals surface area contributed by atoms with Crippen LogP contribution in [-0.2, 0) is 77.0 Å². The number of ether oxygens (including phenoxy) is 1. The van der Waals surface area contributed by atoms with Gasteiger partial charge in [0.2, 0.25) is 0 Å². The highest BCUT2D eigenvalue weighted by Gasteiger charge is 2.39. The highest BCUT2D eigenvalue weighted by molar-refractivity contribution is 5.95. The second kappa shape index (κ2) is 45.5. The number of carbonyl (C=O) groups excluding carboxylic acids is 5. The predicted octanol–water partition coefficient (Wildman–Crippen LogP) is 12.6. The van der Waals surface area contributed by atoms with Crippen molar-refractivity contribution in [3.63, 3.8) is 0 Å². The summed E-state index contributed by atoms with van der Waals surface area (Å²) in [5, 5.41) is 84.3. The van der Waals surface area contributed by atoms with Gasteiger partial charge in [-0.3, -0.25) is 71.4 Å². The van der Waals surface area contributed by atoms with Gasteiger partial charge in [0, 0.05) is 113 Å². The van der Waals surface area contributed by atoms with Gasteiger partial charge in [0.15, 0.2) is 57.2 Å². The van der Waals surface area contributed by atoms with E-state index in [0.717, 1.165) is 121 Å². The zero-order chi connectivity index (χ0) is 103. The third kappa shape index (κ3) is 22.4. The maximum Gasteiger partial charge on any atom is 0.275 e. The number of anilines is 6. The number of amides is 5. The summed E-state index contributed by atoms with van der Waals surface area (Å²) in [5.41, 5.74) is 14.1. The minimum atomic E-state index is -0.792. The van der Waals surface area contributed by atoms with Crippen LogP contribution in [-0.4, -0.2) is 163 Å². The SMILES string of the molecule is CNC(=O)c1nn(CCC2c3ccccc3CCc3ccccc32)cc(O)c1=O.CNC(=O)c1nn(CCN2c3ccccc3C=Cc3ccccc32)cc(O)c1=O.CNC(=O)c1nn(CCN2c3ccccc3CCc3ccccc32)cc(O)c1=O.CNC(=O)c1nn(CCN2c3ccccc3COc3ccccc32)cc(O)c1=O.O=C1NCC/C=C/Cc2ccc3ccn(c3c2)C2(CCCC2)Cn2cc(O)c(=O)c1n2. The molecule has 0 saturated heterocycles. The van der Waals surface area contributed by atoms with Gasteiger partial charge in [0.1, 0.15) is 12.4 Å². The lowest BCUT2D eigenvalue weighted by Crippen LogP contribution is -2.38. The quantitative estimate of drug-likeness (QED) is 0.0402. The number of fused-ring (bicyclic) bond motifs is 12. The van der Waals surface area contributed by atoms with Crippen LogP contribution in [0.15, 0.2) is 292 Å². The van der Waals surface area contributed by atoms with E-state index in [9.17, 15) is 73.5 Å². The van der Waals surface area contributed by atoms with Gasteiger partial charge >= 0.3 is 0 Å². The monoisotopic (exact) mass is 1980 g/mol. The van der Waals surface area contributed by atoms with Gasteiger partial charge in [-0.25, -0.2) is 0 Å². The van der Waals surface area contributed by atoms with Gasteiger partial charge in [-0.1, -0.05) is 201 Å². The molecule has 0 unspecified atom stereocenters. The van der Waals surface area contributed by atoms with E-state index in [0.29, 0.717) is 71.9 Å². The number of aryl methyl sites for hydroxylation is 5. The average molecular weight is 1980 g/mol. The number of aromatic hydroxyl groups is 5. The fourth-order valence-electron chi connectivity index (χ4n) is 19.5. The number of benzene rings is 9. The number of nitrogens with zero attached hydrogens (tertiary/aromatic N) is 14. The first-order valence-corrected chi connectivity index (χ1v) is 48.6. The fraction of sp³-hybridized carbons (Fsp3) is 0.241. The maximum absolute atomic E-state index is 12.6. The normalized spacial score (nSPS) is 14.1. The van der Waals surface area contributed by atoms with Crippen molar-refractivity contribution in [2.75, 3.05) is 69.1 Å².